The van der Waals surface area contributed by atoms with Crippen molar-refractivity contribution in [2.45, 2.75) is 0 Å². The van der Waals surface area contributed by atoms with Crippen LogP contribution in [0, 0.1) is 5.82 Å². The summed E-state index contributed by atoms with van der Waals surface area (Å²) < 4.78 is 13.7. The molecule has 3 N–H and O–H groups in total. The van der Waals surface area contributed by atoms with Crippen LogP contribution in [0.5, 0.6) is 0 Å². The zero-order valence-corrected chi connectivity index (χ0v) is 11.2. The molecular weight excluding hydrogens is 298 g/mol. The molecule has 0 aliphatic heterocycles. The number of hydrogen-bond donors (Lipinski definition) is 2. The first-order valence-electron chi connectivity index (χ1n) is 4.94. The number of nitrogens with two attached hydrogens (primary N) is 1. The van der Waals surface area contributed by atoms with Gasteiger partial charge < -0.3 is 11.1 Å². The number of hydrogen-bond acceptors (Lipinski definition) is 2. The van der Waals surface area contributed by atoms with E-state index in [0.717, 1.165) is 0 Å². The van der Waals surface area contributed by atoms with Gasteiger partial charge in [-0.3, -0.25) is 0 Å². The summed E-state index contributed by atoms with van der Waals surface area (Å²) in [6.07, 6.45) is 0. The molecule has 6 heteroatoms. The minimum Gasteiger partial charge on any atom is -0.397 e. The number of nitrogen functional groups attached to an aromatic ring is 1. The highest BCUT2D eigenvalue weighted by molar-refractivity contribution is 6.42. The van der Waals surface area contributed by atoms with Gasteiger partial charge in [0.05, 0.1) is 32.1 Å². The van der Waals surface area contributed by atoms with E-state index in [4.69, 9.17) is 40.5 Å². The maximum atomic E-state index is 13.7. The molecule has 0 saturated carbocycles. The first-order chi connectivity index (χ1) is 8.49. The molecule has 0 atom stereocenters. The predicted octanol–water partition coefficient (Wildman–Crippen LogP) is 5.11. The molecule has 2 aromatic carbocycles. The van der Waals surface area contributed by atoms with E-state index in [-0.39, 0.29) is 10.7 Å². The SMILES string of the molecule is Nc1cc(Cl)c(Cl)cc1Nc1cccc(Cl)c1F. The van der Waals surface area contributed by atoms with Crippen LogP contribution in [0.4, 0.5) is 21.5 Å². The van der Waals surface area contributed by atoms with Crippen molar-refractivity contribution in [3.8, 4) is 0 Å². The smallest absolute Gasteiger partial charge is 0.165 e. The fraction of sp³-hybridized carbons (Fsp3) is 0. The molecule has 0 bridgehead atoms. The van der Waals surface area contributed by atoms with Gasteiger partial charge in [0.15, 0.2) is 5.82 Å². The third-order valence-corrected chi connectivity index (χ3v) is 3.33. The van der Waals surface area contributed by atoms with Gasteiger partial charge >= 0.3 is 0 Å². The van der Waals surface area contributed by atoms with Crippen LogP contribution < -0.4 is 11.1 Å². The molecule has 0 amide bonds. The number of benzene rings is 2. The molecular formula is C12H8Cl3FN2. The molecule has 18 heavy (non-hydrogen) atoms. The summed E-state index contributed by atoms with van der Waals surface area (Å²) in [6.45, 7) is 0. The second kappa shape index (κ2) is 5.22. The Morgan fingerprint density at radius 3 is 2.33 bits per heavy atom. The van der Waals surface area contributed by atoms with Gasteiger partial charge in [-0.05, 0) is 24.3 Å². The van der Waals surface area contributed by atoms with Crippen LogP contribution in [-0.2, 0) is 0 Å². The fourth-order valence-corrected chi connectivity index (χ4v) is 1.93. The van der Waals surface area contributed by atoms with Crippen molar-refractivity contribution in [2.24, 2.45) is 0 Å². The highest BCUT2D eigenvalue weighted by Crippen LogP contribution is 2.33. The Hall–Kier alpha value is -1.16. The molecule has 0 aliphatic carbocycles. The normalized spacial score (nSPS) is 10.4. The Balaban J connectivity index is 2.40. The zero-order valence-electron chi connectivity index (χ0n) is 8.98. The van der Waals surface area contributed by atoms with Crippen molar-refractivity contribution >= 4 is 51.9 Å². The van der Waals surface area contributed by atoms with Gasteiger partial charge in [0.1, 0.15) is 0 Å². The molecule has 94 valence electrons. The summed E-state index contributed by atoms with van der Waals surface area (Å²) >= 11 is 17.4. The van der Waals surface area contributed by atoms with Crippen LogP contribution in [-0.4, -0.2) is 0 Å². The van der Waals surface area contributed by atoms with Crippen LogP contribution in [0.2, 0.25) is 15.1 Å². The molecule has 0 heterocycles. The van der Waals surface area contributed by atoms with Crippen molar-refractivity contribution in [2.75, 3.05) is 11.1 Å². The lowest BCUT2D eigenvalue weighted by atomic mass is 10.2. The molecule has 2 aromatic rings. The first kappa shape index (κ1) is 13.3. The average Bonchev–Trinajstić information content (AvgIpc) is 2.32. The van der Waals surface area contributed by atoms with Gasteiger partial charge in [0, 0.05) is 0 Å². The summed E-state index contributed by atoms with van der Waals surface area (Å²) in [5, 5.41) is 3.52. The topological polar surface area (TPSA) is 38.0 Å². The highest BCUT2D eigenvalue weighted by atomic mass is 35.5. The van der Waals surface area contributed by atoms with Crippen molar-refractivity contribution in [3.05, 3.63) is 51.2 Å². The fourth-order valence-electron chi connectivity index (χ4n) is 1.42. The second-order valence-corrected chi connectivity index (χ2v) is 4.80. The molecule has 0 spiro atoms. The van der Waals surface area contributed by atoms with E-state index < -0.39 is 5.82 Å². The Morgan fingerprint density at radius 1 is 0.944 bits per heavy atom. The van der Waals surface area contributed by atoms with E-state index in [1.807, 2.05) is 0 Å². The molecule has 0 fully saturated rings. The van der Waals surface area contributed by atoms with Gasteiger partial charge in [-0.1, -0.05) is 40.9 Å². The Labute approximate surface area is 118 Å². The van der Waals surface area contributed by atoms with E-state index in [1.165, 1.54) is 18.2 Å². The van der Waals surface area contributed by atoms with E-state index in [0.29, 0.717) is 21.4 Å². The number of nitrogens with one attached hydrogen (secondary N) is 1. The van der Waals surface area contributed by atoms with Crippen molar-refractivity contribution in [1.29, 1.82) is 0 Å². The number of rotatable bonds is 2. The van der Waals surface area contributed by atoms with Crippen LogP contribution >= 0.6 is 34.8 Å². The maximum Gasteiger partial charge on any atom is 0.165 e. The van der Waals surface area contributed by atoms with Gasteiger partial charge in [0.25, 0.3) is 0 Å². The lowest BCUT2D eigenvalue weighted by Gasteiger charge is -2.11. The van der Waals surface area contributed by atoms with Crippen LogP contribution in [0.3, 0.4) is 0 Å². The minimum absolute atomic E-state index is 0.0265. The second-order valence-electron chi connectivity index (χ2n) is 3.58. The maximum absolute atomic E-state index is 13.7. The van der Waals surface area contributed by atoms with Gasteiger partial charge in [0.2, 0.25) is 0 Å². The Bertz CT molecular complexity index is 602. The Morgan fingerprint density at radius 2 is 1.61 bits per heavy atom. The van der Waals surface area contributed by atoms with Crippen LogP contribution in [0.1, 0.15) is 0 Å². The highest BCUT2D eigenvalue weighted by Gasteiger charge is 2.09. The standard InChI is InChI=1S/C12H8Cl3FN2/c13-6-2-1-3-10(12(6)16)18-11-5-8(15)7(14)4-9(11)17/h1-5,18H,17H2. The molecule has 2 nitrogen and oxygen atoms in total. The Kier molecular flexibility index (Phi) is 3.85. The predicted molar refractivity (Wildman–Crippen MR) is 75.6 cm³/mol. The van der Waals surface area contributed by atoms with Crippen molar-refractivity contribution < 1.29 is 4.39 Å². The molecule has 0 unspecified atom stereocenters. The molecule has 0 saturated heterocycles. The summed E-state index contributed by atoms with van der Waals surface area (Å²) in [5.41, 5.74) is 6.81. The summed E-state index contributed by atoms with van der Waals surface area (Å²) in [5.74, 6) is -0.551. The lowest BCUT2D eigenvalue weighted by Crippen LogP contribution is -1.98. The summed E-state index contributed by atoms with van der Waals surface area (Å²) in [7, 11) is 0. The minimum atomic E-state index is -0.551. The van der Waals surface area contributed by atoms with Crippen LogP contribution in [0.15, 0.2) is 30.3 Å². The van der Waals surface area contributed by atoms with E-state index >= 15 is 0 Å². The first-order valence-corrected chi connectivity index (χ1v) is 6.08. The van der Waals surface area contributed by atoms with Gasteiger partial charge in [-0.25, -0.2) is 4.39 Å². The number of halogens is 4. The third-order valence-electron chi connectivity index (χ3n) is 2.31. The molecule has 0 aromatic heterocycles. The van der Waals surface area contributed by atoms with Crippen molar-refractivity contribution in [1.82, 2.24) is 0 Å². The molecule has 0 radical (unpaired) electrons. The lowest BCUT2D eigenvalue weighted by molar-refractivity contribution is 0.632. The van der Waals surface area contributed by atoms with Crippen LogP contribution in [0.25, 0.3) is 0 Å². The largest absolute Gasteiger partial charge is 0.397 e. The van der Waals surface area contributed by atoms with E-state index in [9.17, 15) is 4.39 Å². The zero-order chi connectivity index (χ0) is 13.3. The summed E-state index contributed by atoms with van der Waals surface area (Å²) in [6, 6.07) is 7.65. The molecule has 2 rings (SSSR count). The van der Waals surface area contributed by atoms with E-state index in [2.05, 4.69) is 5.32 Å². The third kappa shape index (κ3) is 2.64. The van der Waals surface area contributed by atoms with Crippen molar-refractivity contribution in [3.63, 3.8) is 0 Å². The quantitative estimate of drug-likeness (QED) is 0.756. The van der Waals surface area contributed by atoms with E-state index in [1.54, 1.807) is 12.1 Å². The van der Waals surface area contributed by atoms with Gasteiger partial charge in [-0.2, -0.15) is 0 Å². The summed E-state index contributed by atoms with van der Waals surface area (Å²) in [4.78, 5) is 0. The monoisotopic (exact) mass is 304 g/mol. The van der Waals surface area contributed by atoms with Gasteiger partial charge in [-0.15, -0.1) is 0 Å². The molecule has 0 aliphatic rings. The number of anilines is 3. The average molecular weight is 306 g/mol.